The molecular formula is C14H13FO2. The molecule has 2 aromatic rings. The van der Waals surface area contributed by atoms with Gasteiger partial charge in [-0.25, -0.2) is 4.39 Å². The second-order valence-electron chi connectivity index (χ2n) is 3.85. The molecule has 1 N–H and O–H groups in total. The van der Waals surface area contributed by atoms with Crippen molar-refractivity contribution >= 4 is 0 Å². The largest absolute Gasteiger partial charge is 0.508 e. The summed E-state index contributed by atoms with van der Waals surface area (Å²) in [5, 5.41) is 9.66. The lowest BCUT2D eigenvalue weighted by molar-refractivity contribution is 0.415. The maximum Gasteiger partial charge on any atom is 0.126 e. The van der Waals surface area contributed by atoms with E-state index >= 15 is 0 Å². The second-order valence-corrected chi connectivity index (χ2v) is 3.85. The molecule has 0 aliphatic carbocycles. The van der Waals surface area contributed by atoms with E-state index in [0.717, 1.165) is 11.1 Å². The van der Waals surface area contributed by atoms with Crippen molar-refractivity contribution in [2.45, 2.75) is 6.92 Å². The van der Waals surface area contributed by atoms with Crippen LogP contribution in [0, 0.1) is 12.7 Å². The van der Waals surface area contributed by atoms with Gasteiger partial charge in [0.05, 0.1) is 7.11 Å². The summed E-state index contributed by atoms with van der Waals surface area (Å²) in [4.78, 5) is 0. The fourth-order valence-electron chi connectivity index (χ4n) is 1.68. The van der Waals surface area contributed by atoms with E-state index in [9.17, 15) is 9.50 Å². The van der Waals surface area contributed by atoms with E-state index in [1.54, 1.807) is 18.2 Å². The fraction of sp³-hybridized carbons (Fsp3) is 0.143. The van der Waals surface area contributed by atoms with Gasteiger partial charge >= 0.3 is 0 Å². The normalized spacial score (nSPS) is 10.3. The van der Waals surface area contributed by atoms with Gasteiger partial charge in [0.15, 0.2) is 0 Å². The summed E-state index contributed by atoms with van der Waals surface area (Å²) in [7, 11) is 1.53. The third kappa shape index (κ3) is 2.23. The molecule has 0 spiro atoms. The minimum absolute atomic E-state index is 0.189. The van der Waals surface area contributed by atoms with Gasteiger partial charge in [0, 0.05) is 5.56 Å². The fourth-order valence-corrected chi connectivity index (χ4v) is 1.68. The number of hydrogen-bond donors (Lipinski definition) is 1. The Bertz CT molecular complexity index is 550. The third-order valence-corrected chi connectivity index (χ3v) is 2.68. The van der Waals surface area contributed by atoms with Crippen molar-refractivity contribution in [3.8, 4) is 22.6 Å². The summed E-state index contributed by atoms with van der Waals surface area (Å²) >= 11 is 0. The zero-order valence-electron chi connectivity index (χ0n) is 9.70. The van der Waals surface area contributed by atoms with Crippen molar-refractivity contribution in [1.82, 2.24) is 0 Å². The van der Waals surface area contributed by atoms with Gasteiger partial charge in [-0.3, -0.25) is 0 Å². The maximum atomic E-state index is 13.2. The van der Waals surface area contributed by atoms with Crippen LogP contribution in [0.25, 0.3) is 11.1 Å². The van der Waals surface area contributed by atoms with E-state index in [1.165, 1.54) is 19.2 Å². The number of halogens is 1. The van der Waals surface area contributed by atoms with Gasteiger partial charge in [-0.15, -0.1) is 0 Å². The molecule has 2 aromatic carbocycles. The molecule has 0 aliphatic rings. The molecule has 0 fully saturated rings. The van der Waals surface area contributed by atoms with Crippen LogP contribution in [0.2, 0.25) is 0 Å². The van der Waals surface area contributed by atoms with Crippen LogP contribution in [0.3, 0.4) is 0 Å². The average molecular weight is 232 g/mol. The van der Waals surface area contributed by atoms with Crippen molar-refractivity contribution in [3.05, 3.63) is 47.8 Å². The topological polar surface area (TPSA) is 29.5 Å². The van der Waals surface area contributed by atoms with E-state index in [2.05, 4.69) is 0 Å². The molecule has 17 heavy (non-hydrogen) atoms. The van der Waals surface area contributed by atoms with Gasteiger partial charge in [-0.2, -0.15) is 0 Å². The second kappa shape index (κ2) is 4.45. The van der Waals surface area contributed by atoms with E-state index in [1.807, 2.05) is 13.0 Å². The van der Waals surface area contributed by atoms with Crippen LogP contribution >= 0.6 is 0 Å². The highest BCUT2D eigenvalue weighted by molar-refractivity contribution is 5.72. The van der Waals surface area contributed by atoms with Gasteiger partial charge in [0.2, 0.25) is 0 Å². The molecule has 0 bridgehead atoms. The molecule has 0 atom stereocenters. The standard InChI is InChI=1S/C14H13FO2/c1-9-3-4-10(7-13(9)16)12-8-11(15)5-6-14(12)17-2/h3-8,16H,1-2H3. The van der Waals surface area contributed by atoms with Crippen LogP contribution in [-0.2, 0) is 0 Å². The van der Waals surface area contributed by atoms with Gasteiger partial charge in [0.25, 0.3) is 0 Å². The number of hydrogen-bond acceptors (Lipinski definition) is 2. The zero-order valence-corrected chi connectivity index (χ0v) is 9.70. The number of aromatic hydroxyl groups is 1. The molecule has 0 aliphatic heterocycles. The maximum absolute atomic E-state index is 13.2. The Labute approximate surface area is 99.3 Å². The Morgan fingerprint density at radius 1 is 1.12 bits per heavy atom. The summed E-state index contributed by atoms with van der Waals surface area (Å²) in [5.74, 6) is 0.435. The SMILES string of the molecule is COc1ccc(F)cc1-c1ccc(C)c(O)c1. The number of benzene rings is 2. The molecular weight excluding hydrogens is 219 g/mol. The predicted octanol–water partition coefficient (Wildman–Crippen LogP) is 3.52. The molecule has 0 heterocycles. The summed E-state index contributed by atoms with van der Waals surface area (Å²) in [6.07, 6.45) is 0. The summed E-state index contributed by atoms with van der Waals surface area (Å²) in [6.45, 7) is 1.81. The van der Waals surface area contributed by atoms with E-state index in [4.69, 9.17) is 4.74 Å². The average Bonchev–Trinajstić information content (AvgIpc) is 2.32. The minimum atomic E-state index is -0.333. The lowest BCUT2D eigenvalue weighted by atomic mass is 10.0. The zero-order chi connectivity index (χ0) is 12.4. The molecule has 88 valence electrons. The van der Waals surface area contributed by atoms with Crippen molar-refractivity contribution in [2.75, 3.05) is 7.11 Å². The summed E-state index contributed by atoms with van der Waals surface area (Å²) < 4.78 is 18.4. The van der Waals surface area contributed by atoms with Gasteiger partial charge in [0.1, 0.15) is 17.3 Å². The third-order valence-electron chi connectivity index (χ3n) is 2.68. The Hall–Kier alpha value is -2.03. The first-order valence-corrected chi connectivity index (χ1v) is 5.25. The monoisotopic (exact) mass is 232 g/mol. The van der Waals surface area contributed by atoms with Gasteiger partial charge < -0.3 is 9.84 Å². The van der Waals surface area contributed by atoms with Crippen LogP contribution in [-0.4, -0.2) is 12.2 Å². The Morgan fingerprint density at radius 3 is 2.53 bits per heavy atom. The highest BCUT2D eigenvalue weighted by Crippen LogP contribution is 2.33. The summed E-state index contributed by atoms with van der Waals surface area (Å²) in [5.41, 5.74) is 2.14. The van der Waals surface area contributed by atoms with Crippen molar-refractivity contribution < 1.29 is 14.2 Å². The van der Waals surface area contributed by atoms with Crippen LogP contribution < -0.4 is 4.74 Å². The first-order valence-electron chi connectivity index (χ1n) is 5.25. The van der Waals surface area contributed by atoms with Crippen LogP contribution in [0.5, 0.6) is 11.5 Å². The van der Waals surface area contributed by atoms with E-state index < -0.39 is 0 Å². The summed E-state index contributed by atoms with van der Waals surface area (Å²) in [6, 6.07) is 9.52. The first-order chi connectivity index (χ1) is 8.11. The molecule has 3 heteroatoms. The molecule has 0 saturated carbocycles. The number of phenols is 1. The van der Waals surface area contributed by atoms with E-state index in [0.29, 0.717) is 11.3 Å². The molecule has 0 amide bonds. The molecule has 0 aromatic heterocycles. The lowest BCUT2D eigenvalue weighted by Crippen LogP contribution is -1.89. The number of aryl methyl sites for hydroxylation is 1. The van der Waals surface area contributed by atoms with Crippen LogP contribution in [0.1, 0.15) is 5.56 Å². The van der Waals surface area contributed by atoms with Gasteiger partial charge in [-0.05, 0) is 42.3 Å². The molecule has 0 saturated heterocycles. The Morgan fingerprint density at radius 2 is 1.88 bits per heavy atom. The lowest BCUT2D eigenvalue weighted by Gasteiger charge is -2.09. The number of methoxy groups -OCH3 is 1. The van der Waals surface area contributed by atoms with Crippen molar-refractivity contribution in [2.24, 2.45) is 0 Å². The number of phenolic OH excluding ortho intramolecular Hbond substituents is 1. The van der Waals surface area contributed by atoms with Gasteiger partial charge in [-0.1, -0.05) is 12.1 Å². The molecule has 2 nitrogen and oxygen atoms in total. The first kappa shape index (κ1) is 11.5. The van der Waals surface area contributed by atoms with Crippen molar-refractivity contribution in [3.63, 3.8) is 0 Å². The smallest absolute Gasteiger partial charge is 0.126 e. The number of ether oxygens (including phenoxy) is 1. The quantitative estimate of drug-likeness (QED) is 0.858. The Kier molecular flexibility index (Phi) is 3.00. The van der Waals surface area contributed by atoms with Crippen molar-refractivity contribution in [1.29, 1.82) is 0 Å². The highest BCUT2D eigenvalue weighted by atomic mass is 19.1. The minimum Gasteiger partial charge on any atom is -0.508 e. The molecule has 0 unspecified atom stereocenters. The number of rotatable bonds is 2. The molecule has 0 radical (unpaired) electrons. The van der Waals surface area contributed by atoms with E-state index in [-0.39, 0.29) is 11.6 Å². The van der Waals surface area contributed by atoms with Crippen LogP contribution in [0.4, 0.5) is 4.39 Å². The Balaban J connectivity index is 2.58. The predicted molar refractivity (Wildman–Crippen MR) is 64.8 cm³/mol. The van der Waals surface area contributed by atoms with Crippen LogP contribution in [0.15, 0.2) is 36.4 Å². The molecule has 2 rings (SSSR count). The highest BCUT2D eigenvalue weighted by Gasteiger charge is 2.08.